The number of hydrogen-bond acceptors (Lipinski definition) is 6. The van der Waals surface area contributed by atoms with E-state index in [-0.39, 0.29) is 18.0 Å². The molecule has 1 amide bonds. The third-order valence-corrected chi connectivity index (χ3v) is 4.95. The zero-order valence-corrected chi connectivity index (χ0v) is 18.3. The summed E-state index contributed by atoms with van der Waals surface area (Å²) in [6.45, 7) is 4.41. The Kier molecular flexibility index (Phi) is 6.84. The van der Waals surface area contributed by atoms with Crippen molar-refractivity contribution in [2.24, 2.45) is 5.92 Å². The van der Waals surface area contributed by atoms with Crippen LogP contribution >= 0.6 is 0 Å². The van der Waals surface area contributed by atoms with Gasteiger partial charge in [-0.25, -0.2) is 9.97 Å². The van der Waals surface area contributed by atoms with Crippen molar-refractivity contribution in [3.63, 3.8) is 0 Å². The number of benzene rings is 2. The molecule has 0 bridgehead atoms. The number of nitrogens with one attached hydrogen (secondary N) is 1. The van der Waals surface area contributed by atoms with E-state index in [1.165, 1.54) is 19.8 Å². The van der Waals surface area contributed by atoms with Crippen molar-refractivity contribution in [2.45, 2.75) is 32.7 Å². The maximum atomic E-state index is 11.0. The molecule has 1 aliphatic rings. The van der Waals surface area contributed by atoms with Crippen molar-refractivity contribution in [1.29, 1.82) is 0 Å². The van der Waals surface area contributed by atoms with Crippen LogP contribution in [-0.2, 0) is 4.79 Å². The van der Waals surface area contributed by atoms with Gasteiger partial charge in [0.1, 0.15) is 23.9 Å². The Morgan fingerprint density at radius 1 is 1.00 bits per heavy atom. The second kappa shape index (κ2) is 10.1. The van der Waals surface area contributed by atoms with Crippen LogP contribution in [0.5, 0.6) is 23.3 Å². The van der Waals surface area contributed by atoms with Crippen molar-refractivity contribution in [1.82, 2.24) is 15.3 Å². The molecule has 0 radical (unpaired) electrons. The molecule has 4 rings (SSSR count). The summed E-state index contributed by atoms with van der Waals surface area (Å²) in [5, 5.41) is 2.75. The summed E-state index contributed by atoms with van der Waals surface area (Å²) in [5.41, 5.74) is 1.84. The molecule has 1 N–H and O–H groups in total. The van der Waals surface area contributed by atoms with Gasteiger partial charge in [0.15, 0.2) is 0 Å². The molecule has 0 aliphatic heterocycles. The highest BCUT2D eigenvalue weighted by molar-refractivity contribution is 5.73. The van der Waals surface area contributed by atoms with Gasteiger partial charge in [-0.15, -0.1) is 0 Å². The molecule has 1 saturated carbocycles. The van der Waals surface area contributed by atoms with Gasteiger partial charge in [-0.2, -0.15) is 0 Å². The van der Waals surface area contributed by atoms with Crippen LogP contribution in [0.1, 0.15) is 26.7 Å². The molecule has 1 heterocycles. The molecule has 1 atom stereocenters. The fraction of sp³-hybridized carbons (Fsp3) is 0.320. The molecule has 32 heavy (non-hydrogen) atoms. The monoisotopic (exact) mass is 433 g/mol. The van der Waals surface area contributed by atoms with E-state index in [9.17, 15) is 4.79 Å². The largest absolute Gasteiger partial charge is 0.493 e. The highest BCUT2D eigenvalue weighted by atomic mass is 16.5. The summed E-state index contributed by atoms with van der Waals surface area (Å²) < 4.78 is 17.3. The molecule has 1 aliphatic carbocycles. The van der Waals surface area contributed by atoms with E-state index in [4.69, 9.17) is 14.2 Å². The standard InChI is InChI=1S/C25H27N3O4/c1-17(28-18(2)29)15-31-25-26-13-21(14-27-25)20-8-10-22(11-9-20)32-24-5-3-4-23(12-24)30-16-19-6-7-19/h3-5,8-14,17,19H,6-7,15-16H2,1-2H3,(H,28,29). The molecule has 0 spiro atoms. The minimum absolute atomic E-state index is 0.0978. The van der Waals surface area contributed by atoms with E-state index < -0.39 is 0 Å². The Bertz CT molecular complexity index is 1030. The maximum absolute atomic E-state index is 11.0. The van der Waals surface area contributed by atoms with E-state index in [1.54, 1.807) is 12.4 Å². The number of nitrogens with zero attached hydrogens (tertiary/aromatic N) is 2. The smallest absolute Gasteiger partial charge is 0.316 e. The van der Waals surface area contributed by atoms with Gasteiger partial charge in [0.25, 0.3) is 0 Å². The second-order valence-corrected chi connectivity index (χ2v) is 8.02. The quantitative estimate of drug-likeness (QED) is 0.502. The number of ether oxygens (including phenoxy) is 3. The average Bonchev–Trinajstić information content (AvgIpc) is 3.62. The summed E-state index contributed by atoms with van der Waals surface area (Å²) in [7, 11) is 0. The first-order chi connectivity index (χ1) is 15.5. The van der Waals surface area contributed by atoms with Crippen molar-refractivity contribution >= 4 is 5.91 Å². The van der Waals surface area contributed by atoms with Gasteiger partial charge in [0.2, 0.25) is 5.91 Å². The molecule has 7 heteroatoms. The summed E-state index contributed by atoms with van der Waals surface area (Å²) in [6, 6.07) is 15.6. The van der Waals surface area contributed by atoms with Gasteiger partial charge >= 0.3 is 6.01 Å². The topological polar surface area (TPSA) is 82.6 Å². The molecular weight excluding hydrogens is 406 g/mol. The Balaban J connectivity index is 1.32. The Labute approximate surface area is 187 Å². The number of carbonyl (C=O) groups excluding carboxylic acids is 1. The molecule has 1 aromatic heterocycles. The van der Waals surface area contributed by atoms with Gasteiger partial charge in [-0.1, -0.05) is 18.2 Å². The van der Waals surface area contributed by atoms with Crippen molar-refractivity contribution in [3.05, 3.63) is 60.9 Å². The van der Waals surface area contributed by atoms with Gasteiger partial charge in [0.05, 0.1) is 12.6 Å². The van der Waals surface area contributed by atoms with E-state index in [0.29, 0.717) is 12.5 Å². The molecule has 1 fully saturated rings. The molecule has 0 saturated heterocycles. The van der Waals surface area contributed by atoms with Crippen LogP contribution in [0.25, 0.3) is 11.1 Å². The number of hydrogen-bond donors (Lipinski definition) is 1. The number of carbonyl (C=O) groups is 1. The van der Waals surface area contributed by atoms with Crippen molar-refractivity contribution in [2.75, 3.05) is 13.2 Å². The third kappa shape index (κ3) is 6.44. The van der Waals surface area contributed by atoms with Crippen LogP contribution in [0.2, 0.25) is 0 Å². The molecule has 7 nitrogen and oxygen atoms in total. The van der Waals surface area contributed by atoms with E-state index in [0.717, 1.165) is 35.0 Å². The third-order valence-electron chi connectivity index (χ3n) is 4.95. The minimum atomic E-state index is -0.117. The van der Waals surface area contributed by atoms with Crippen LogP contribution in [0.3, 0.4) is 0 Å². The Hall–Kier alpha value is -3.61. The summed E-state index contributed by atoms with van der Waals surface area (Å²) in [4.78, 5) is 19.5. The lowest BCUT2D eigenvalue weighted by molar-refractivity contribution is -0.119. The highest BCUT2D eigenvalue weighted by Gasteiger charge is 2.21. The number of amides is 1. The van der Waals surface area contributed by atoms with E-state index in [2.05, 4.69) is 15.3 Å². The first-order valence-electron chi connectivity index (χ1n) is 10.8. The van der Waals surface area contributed by atoms with Gasteiger partial charge < -0.3 is 19.5 Å². The Morgan fingerprint density at radius 3 is 2.41 bits per heavy atom. The van der Waals surface area contributed by atoms with Crippen LogP contribution in [-0.4, -0.2) is 35.1 Å². The first-order valence-corrected chi connectivity index (χ1v) is 10.8. The summed E-state index contributed by atoms with van der Waals surface area (Å²) in [5.74, 6) is 2.92. The predicted molar refractivity (Wildman–Crippen MR) is 121 cm³/mol. The highest BCUT2D eigenvalue weighted by Crippen LogP contribution is 2.31. The SMILES string of the molecule is CC(=O)NC(C)COc1ncc(-c2ccc(Oc3cccc(OCC4CC4)c3)cc2)cn1. The first kappa shape index (κ1) is 21.6. The summed E-state index contributed by atoms with van der Waals surface area (Å²) >= 11 is 0. The van der Waals surface area contributed by atoms with Crippen molar-refractivity contribution < 1.29 is 19.0 Å². The van der Waals surface area contributed by atoms with Gasteiger partial charge in [-0.05, 0) is 55.5 Å². The van der Waals surface area contributed by atoms with Crippen LogP contribution in [0.4, 0.5) is 0 Å². The van der Waals surface area contributed by atoms with E-state index >= 15 is 0 Å². The Morgan fingerprint density at radius 2 is 1.72 bits per heavy atom. The lowest BCUT2D eigenvalue weighted by Crippen LogP contribution is -2.35. The molecule has 2 aromatic carbocycles. The van der Waals surface area contributed by atoms with Crippen LogP contribution in [0.15, 0.2) is 60.9 Å². The zero-order valence-electron chi connectivity index (χ0n) is 18.3. The molecule has 166 valence electrons. The van der Waals surface area contributed by atoms with Gasteiger partial charge in [-0.3, -0.25) is 4.79 Å². The second-order valence-electron chi connectivity index (χ2n) is 8.02. The molecule has 3 aromatic rings. The van der Waals surface area contributed by atoms with Crippen LogP contribution < -0.4 is 19.5 Å². The average molecular weight is 434 g/mol. The molecule has 1 unspecified atom stereocenters. The lowest BCUT2D eigenvalue weighted by Gasteiger charge is -2.12. The number of aromatic nitrogens is 2. The fourth-order valence-electron chi connectivity index (χ4n) is 3.11. The number of rotatable bonds is 10. The fourth-order valence-corrected chi connectivity index (χ4v) is 3.11. The van der Waals surface area contributed by atoms with Crippen molar-refractivity contribution in [3.8, 4) is 34.4 Å². The predicted octanol–water partition coefficient (Wildman–Crippen LogP) is 4.63. The molecular formula is C25H27N3O4. The lowest BCUT2D eigenvalue weighted by atomic mass is 10.1. The van der Waals surface area contributed by atoms with E-state index in [1.807, 2.05) is 55.5 Å². The van der Waals surface area contributed by atoms with Crippen LogP contribution in [0, 0.1) is 5.92 Å². The maximum Gasteiger partial charge on any atom is 0.316 e. The minimum Gasteiger partial charge on any atom is -0.493 e. The van der Waals surface area contributed by atoms with Gasteiger partial charge in [0, 0.05) is 30.9 Å². The zero-order chi connectivity index (χ0) is 22.3. The normalized spacial score (nSPS) is 13.8. The summed E-state index contributed by atoms with van der Waals surface area (Å²) in [6.07, 6.45) is 5.95.